The number of ether oxygens (including phenoxy) is 2. The molecule has 0 saturated heterocycles. The van der Waals surface area contributed by atoms with E-state index in [0.29, 0.717) is 30.3 Å². The molecule has 0 spiro atoms. The van der Waals surface area contributed by atoms with Crippen molar-refractivity contribution in [2.45, 2.75) is 19.4 Å². The molecule has 0 fully saturated rings. The number of carbonyl (C=O) groups excluding carboxylic acids is 1. The number of nitrogens with zero attached hydrogens (tertiary/aromatic N) is 1. The fourth-order valence-electron chi connectivity index (χ4n) is 3.73. The Morgan fingerprint density at radius 1 is 1.00 bits per heavy atom. The number of carbonyl (C=O) groups is 1. The van der Waals surface area contributed by atoms with E-state index in [1.54, 1.807) is 18.2 Å². The summed E-state index contributed by atoms with van der Waals surface area (Å²) in [4.78, 5) is 16.5. The van der Waals surface area contributed by atoms with Gasteiger partial charge in [-0.2, -0.15) is 0 Å². The molecule has 0 bridgehead atoms. The number of amides is 1. The zero-order valence-electron chi connectivity index (χ0n) is 16.0. The summed E-state index contributed by atoms with van der Waals surface area (Å²) in [5.74, 6) is 1.16. The molecule has 29 heavy (non-hydrogen) atoms. The highest BCUT2D eigenvalue weighted by molar-refractivity contribution is 7.10. The lowest BCUT2D eigenvalue weighted by Crippen LogP contribution is -2.29. The van der Waals surface area contributed by atoms with Gasteiger partial charge in [0.15, 0.2) is 11.5 Å². The highest BCUT2D eigenvalue weighted by Crippen LogP contribution is 2.31. The van der Waals surface area contributed by atoms with E-state index < -0.39 is 0 Å². The first-order valence-electron chi connectivity index (χ1n) is 9.87. The number of benzene rings is 2. The van der Waals surface area contributed by atoms with E-state index in [1.165, 1.54) is 16.1 Å². The second kappa shape index (κ2) is 7.79. The molecule has 2 aromatic carbocycles. The molecule has 3 aromatic rings. The first-order chi connectivity index (χ1) is 14.3. The van der Waals surface area contributed by atoms with E-state index >= 15 is 0 Å². The maximum atomic E-state index is 12.7. The maximum absolute atomic E-state index is 12.7. The normalized spacial score (nSPS) is 15.4. The van der Waals surface area contributed by atoms with Crippen molar-refractivity contribution in [3.8, 4) is 11.5 Å². The van der Waals surface area contributed by atoms with Crippen LogP contribution in [0.15, 0.2) is 53.9 Å². The highest BCUT2D eigenvalue weighted by atomic mass is 32.1. The molecule has 0 saturated carbocycles. The summed E-state index contributed by atoms with van der Waals surface area (Å²) in [6.07, 6.45) is 1.93. The maximum Gasteiger partial charge on any atom is 0.255 e. The molecule has 2 aliphatic rings. The van der Waals surface area contributed by atoms with Crippen LogP contribution in [0, 0.1) is 0 Å². The van der Waals surface area contributed by atoms with Gasteiger partial charge in [-0.05, 0) is 65.9 Å². The Hall–Kier alpha value is -2.99. The number of hydrogen-bond donors (Lipinski definition) is 1. The van der Waals surface area contributed by atoms with Crippen molar-refractivity contribution in [3.05, 3.63) is 69.9 Å². The zero-order valence-corrected chi connectivity index (χ0v) is 16.8. The third kappa shape index (κ3) is 3.80. The van der Waals surface area contributed by atoms with Crippen molar-refractivity contribution >= 4 is 28.6 Å². The highest BCUT2D eigenvalue weighted by Gasteiger charge is 2.18. The van der Waals surface area contributed by atoms with Crippen LogP contribution in [-0.2, 0) is 13.0 Å². The van der Waals surface area contributed by atoms with Gasteiger partial charge in [0.05, 0.1) is 13.2 Å². The number of fused-ring (bicyclic) bond motifs is 2. The monoisotopic (exact) mass is 406 g/mol. The summed E-state index contributed by atoms with van der Waals surface area (Å²) in [6.45, 7) is 3.21. The molecule has 3 heterocycles. The summed E-state index contributed by atoms with van der Waals surface area (Å²) in [5, 5.41) is 5.14. The summed E-state index contributed by atoms with van der Waals surface area (Å²) in [6, 6.07) is 15.6. The van der Waals surface area contributed by atoms with Crippen LogP contribution in [0.1, 0.15) is 27.2 Å². The summed E-state index contributed by atoms with van der Waals surface area (Å²) in [7, 11) is 0. The van der Waals surface area contributed by atoms with Gasteiger partial charge in [0.2, 0.25) is 0 Å². The number of nitrogens with one attached hydrogen (secondary N) is 1. The molecule has 0 unspecified atom stereocenters. The van der Waals surface area contributed by atoms with Crippen LogP contribution in [0.3, 0.4) is 0 Å². The molecule has 5 nitrogen and oxygen atoms in total. The largest absolute Gasteiger partial charge is 0.490 e. The first-order valence-corrected chi connectivity index (χ1v) is 10.8. The van der Waals surface area contributed by atoms with Gasteiger partial charge in [0.1, 0.15) is 0 Å². The first kappa shape index (κ1) is 18.1. The smallest absolute Gasteiger partial charge is 0.255 e. The minimum absolute atomic E-state index is 0.158. The molecular formula is C23H22N2O3S. The molecule has 5 rings (SSSR count). The predicted octanol–water partition coefficient (Wildman–Crippen LogP) is 4.72. The Labute approximate surface area is 173 Å². The molecule has 0 radical (unpaired) electrons. The number of rotatable bonds is 3. The lowest BCUT2D eigenvalue weighted by molar-refractivity contribution is 0.102. The van der Waals surface area contributed by atoms with Gasteiger partial charge in [-0.25, -0.2) is 0 Å². The molecule has 6 heteroatoms. The van der Waals surface area contributed by atoms with E-state index in [1.807, 2.05) is 23.5 Å². The van der Waals surface area contributed by atoms with E-state index in [0.717, 1.165) is 31.6 Å². The molecule has 1 N–H and O–H groups in total. The van der Waals surface area contributed by atoms with Crippen LogP contribution in [0.4, 0.5) is 11.4 Å². The Morgan fingerprint density at radius 3 is 2.69 bits per heavy atom. The Bertz CT molecular complexity index is 1030. The number of thiophene rings is 1. The Kier molecular flexibility index (Phi) is 4.86. The average Bonchev–Trinajstić information content (AvgIpc) is 3.10. The second-order valence-electron chi connectivity index (χ2n) is 7.25. The second-order valence-corrected chi connectivity index (χ2v) is 8.25. The Morgan fingerprint density at radius 2 is 1.83 bits per heavy atom. The predicted molar refractivity (Wildman–Crippen MR) is 116 cm³/mol. The van der Waals surface area contributed by atoms with Gasteiger partial charge < -0.3 is 19.7 Å². The van der Waals surface area contributed by atoms with E-state index in [4.69, 9.17) is 9.47 Å². The van der Waals surface area contributed by atoms with Gasteiger partial charge in [-0.3, -0.25) is 4.79 Å². The lowest BCUT2D eigenvalue weighted by atomic mass is 10.1. The van der Waals surface area contributed by atoms with Crippen molar-refractivity contribution in [2.24, 2.45) is 0 Å². The van der Waals surface area contributed by atoms with Crippen molar-refractivity contribution < 1.29 is 14.3 Å². The fraction of sp³-hybridized carbons (Fsp3) is 0.261. The average molecular weight is 407 g/mol. The van der Waals surface area contributed by atoms with Crippen LogP contribution in [0.2, 0.25) is 0 Å². The van der Waals surface area contributed by atoms with Crippen molar-refractivity contribution in [3.63, 3.8) is 0 Å². The van der Waals surface area contributed by atoms with Gasteiger partial charge in [0.25, 0.3) is 5.91 Å². The minimum Gasteiger partial charge on any atom is -0.490 e. The third-order valence-corrected chi connectivity index (χ3v) is 6.33. The summed E-state index contributed by atoms with van der Waals surface area (Å²) in [5.41, 5.74) is 3.93. The van der Waals surface area contributed by atoms with E-state index in [2.05, 4.69) is 33.8 Å². The van der Waals surface area contributed by atoms with E-state index in [-0.39, 0.29) is 5.91 Å². The number of hydrogen-bond acceptors (Lipinski definition) is 5. The molecule has 0 atom stereocenters. The summed E-state index contributed by atoms with van der Waals surface area (Å²) >= 11 is 1.85. The van der Waals surface area contributed by atoms with Gasteiger partial charge in [0, 0.05) is 41.3 Å². The van der Waals surface area contributed by atoms with Crippen molar-refractivity contribution in [1.82, 2.24) is 0 Å². The molecule has 148 valence electrons. The van der Waals surface area contributed by atoms with Crippen LogP contribution in [0.25, 0.3) is 0 Å². The van der Waals surface area contributed by atoms with Crippen LogP contribution in [0.5, 0.6) is 11.5 Å². The molecule has 2 aliphatic heterocycles. The molecule has 0 aliphatic carbocycles. The standard InChI is InChI=1S/C23H22N2O3S/c26-23(16-2-7-20-21(14-16)28-12-1-11-27-20)24-18-3-5-19(6-4-18)25-10-8-22-17(15-25)9-13-29-22/h2-7,9,13-14H,1,8,10-12,15H2,(H,24,26). The van der Waals surface area contributed by atoms with Crippen molar-refractivity contribution in [1.29, 1.82) is 0 Å². The van der Waals surface area contributed by atoms with Gasteiger partial charge in [-0.1, -0.05) is 0 Å². The van der Waals surface area contributed by atoms with Crippen molar-refractivity contribution in [2.75, 3.05) is 30.0 Å². The third-order valence-electron chi connectivity index (χ3n) is 5.31. The molecule has 1 amide bonds. The van der Waals surface area contributed by atoms with Crippen LogP contribution >= 0.6 is 11.3 Å². The SMILES string of the molecule is O=C(Nc1ccc(N2CCc3sccc3C2)cc1)c1ccc2c(c1)OCCCO2. The topological polar surface area (TPSA) is 50.8 Å². The zero-order chi connectivity index (χ0) is 19.6. The lowest BCUT2D eigenvalue weighted by Gasteiger charge is -2.29. The number of anilines is 2. The molecular weight excluding hydrogens is 384 g/mol. The Balaban J connectivity index is 1.26. The van der Waals surface area contributed by atoms with Crippen LogP contribution < -0.4 is 19.7 Å². The van der Waals surface area contributed by atoms with Gasteiger partial charge >= 0.3 is 0 Å². The molecule has 1 aromatic heterocycles. The minimum atomic E-state index is -0.158. The van der Waals surface area contributed by atoms with Gasteiger partial charge in [-0.15, -0.1) is 11.3 Å². The summed E-state index contributed by atoms with van der Waals surface area (Å²) < 4.78 is 11.3. The van der Waals surface area contributed by atoms with E-state index in [9.17, 15) is 4.79 Å². The van der Waals surface area contributed by atoms with Crippen LogP contribution in [-0.4, -0.2) is 25.7 Å². The quantitative estimate of drug-likeness (QED) is 0.684. The fourth-order valence-corrected chi connectivity index (χ4v) is 4.62.